The predicted octanol–water partition coefficient (Wildman–Crippen LogP) is 4.99. The number of carbonyl (C=O) groups is 2. The normalized spacial score (nSPS) is 20.6. The number of amides is 2. The van der Waals surface area contributed by atoms with E-state index in [1.165, 1.54) is 33.0 Å². The highest BCUT2D eigenvalue weighted by atomic mass is 16.5. The molecule has 184 valence electrons. The number of pyridine rings is 1. The van der Waals surface area contributed by atoms with Crippen molar-refractivity contribution in [3.8, 4) is 5.88 Å². The van der Waals surface area contributed by atoms with Gasteiger partial charge in [0.1, 0.15) is 11.2 Å². The maximum absolute atomic E-state index is 13.3. The van der Waals surface area contributed by atoms with E-state index in [-0.39, 0.29) is 23.3 Å². The number of nitrogens with one attached hydrogen (secondary N) is 2. The maximum atomic E-state index is 13.3. The van der Waals surface area contributed by atoms with Crippen molar-refractivity contribution >= 4 is 34.3 Å². The Kier molecular flexibility index (Phi) is 6.72. The van der Waals surface area contributed by atoms with E-state index in [1.54, 1.807) is 12.1 Å². The van der Waals surface area contributed by atoms with E-state index in [4.69, 9.17) is 9.15 Å². The molecule has 2 aliphatic rings. The highest BCUT2D eigenvalue weighted by Gasteiger charge is 2.32. The van der Waals surface area contributed by atoms with E-state index in [9.17, 15) is 9.59 Å². The molecule has 1 saturated carbocycles. The summed E-state index contributed by atoms with van der Waals surface area (Å²) in [4.78, 5) is 33.5. The molecule has 3 heterocycles. The molecule has 8 heteroatoms. The summed E-state index contributed by atoms with van der Waals surface area (Å²) in [6, 6.07) is 11.4. The zero-order chi connectivity index (χ0) is 24.4. The number of hydrogen-bond donors (Lipinski definition) is 2. The fourth-order valence-electron chi connectivity index (χ4n) is 5.21. The van der Waals surface area contributed by atoms with Gasteiger partial charge in [-0.15, -0.1) is 0 Å². The van der Waals surface area contributed by atoms with Crippen LogP contribution in [0.4, 0.5) is 11.4 Å². The lowest BCUT2D eigenvalue weighted by atomic mass is 9.85. The molecule has 2 fully saturated rings. The Morgan fingerprint density at radius 1 is 1.00 bits per heavy atom. The Labute approximate surface area is 205 Å². The first kappa shape index (κ1) is 23.4. The van der Waals surface area contributed by atoms with Crippen molar-refractivity contribution in [2.75, 3.05) is 30.8 Å². The number of hydrogen-bond acceptors (Lipinski definition) is 6. The number of furan rings is 1. The summed E-state index contributed by atoms with van der Waals surface area (Å²) in [5, 5.41) is 5.85. The first-order valence-electron chi connectivity index (χ1n) is 12.4. The molecule has 0 atom stereocenters. The molecule has 2 amide bonds. The third kappa shape index (κ3) is 5.03. The van der Waals surface area contributed by atoms with Gasteiger partial charge in [0.25, 0.3) is 5.91 Å². The summed E-state index contributed by atoms with van der Waals surface area (Å²) in [7, 11) is 1.52. The zero-order valence-corrected chi connectivity index (χ0v) is 20.3. The van der Waals surface area contributed by atoms with Gasteiger partial charge in [-0.3, -0.25) is 9.59 Å². The number of rotatable bonds is 6. The second kappa shape index (κ2) is 10.1. The van der Waals surface area contributed by atoms with Crippen LogP contribution in [0.3, 0.4) is 0 Å². The predicted molar refractivity (Wildman–Crippen MR) is 135 cm³/mol. The van der Waals surface area contributed by atoms with Crippen LogP contribution in [-0.2, 0) is 4.79 Å². The number of fused-ring (bicyclic) bond motifs is 1. The lowest BCUT2D eigenvalue weighted by molar-refractivity contribution is -0.121. The molecule has 8 nitrogen and oxygen atoms in total. The van der Waals surface area contributed by atoms with Gasteiger partial charge in [0, 0.05) is 23.7 Å². The third-order valence-electron chi connectivity index (χ3n) is 7.21. The van der Waals surface area contributed by atoms with Gasteiger partial charge in [-0.25, -0.2) is 4.98 Å². The van der Waals surface area contributed by atoms with Crippen LogP contribution in [0, 0.1) is 12.8 Å². The average molecular weight is 477 g/mol. The molecule has 1 saturated heterocycles. The van der Waals surface area contributed by atoms with Crippen LogP contribution in [0.15, 0.2) is 40.8 Å². The van der Waals surface area contributed by atoms with Crippen LogP contribution in [0.25, 0.3) is 11.1 Å². The quantitative estimate of drug-likeness (QED) is 0.520. The summed E-state index contributed by atoms with van der Waals surface area (Å²) in [6.45, 7) is 4.33. The van der Waals surface area contributed by atoms with Crippen LogP contribution in [-0.4, -0.2) is 47.9 Å². The number of anilines is 2. The molecular formula is C27H32N4O4. The fourth-order valence-corrected chi connectivity index (χ4v) is 5.21. The van der Waals surface area contributed by atoms with Crippen molar-refractivity contribution < 1.29 is 18.7 Å². The van der Waals surface area contributed by atoms with Crippen molar-refractivity contribution in [3.05, 3.63) is 47.7 Å². The smallest absolute Gasteiger partial charge is 0.293 e. The molecule has 35 heavy (non-hydrogen) atoms. The number of methoxy groups -OCH3 is 1. The third-order valence-corrected chi connectivity index (χ3v) is 7.21. The van der Waals surface area contributed by atoms with Crippen LogP contribution in [0.1, 0.15) is 54.6 Å². The molecular weight excluding hydrogens is 444 g/mol. The van der Waals surface area contributed by atoms with E-state index in [0.29, 0.717) is 28.7 Å². The number of ether oxygens (including phenoxy) is 1. The Bertz CT molecular complexity index is 1210. The molecule has 0 bridgehead atoms. The number of benzene rings is 1. The van der Waals surface area contributed by atoms with Crippen LogP contribution >= 0.6 is 0 Å². The van der Waals surface area contributed by atoms with Crippen LogP contribution < -0.4 is 15.4 Å². The number of likely N-dealkylation sites (tertiary alicyclic amines) is 1. The molecule has 1 aliphatic carbocycles. The maximum Gasteiger partial charge on any atom is 0.293 e. The topological polar surface area (TPSA) is 96.7 Å². The van der Waals surface area contributed by atoms with Gasteiger partial charge in [0.2, 0.25) is 17.5 Å². The molecule has 5 rings (SSSR count). The fraction of sp³-hybridized carbons (Fsp3) is 0.444. The summed E-state index contributed by atoms with van der Waals surface area (Å²) in [6.07, 6.45) is 6.28. The van der Waals surface area contributed by atoms with Crippen molar-refractivity contribution in [2.24, 2.45) is 5.92 Å². The molecule has 2 N–H and O–H groups in total. The SMILES string of the molecule is COc1ccc2oc(C(=O)Nc3ccc(C)cc3)c(NC(=O)[C@H]3CC[C@H](N4CCCC4)CC3)c2n1. The monoisotopic (exact) mass is 476 g/mol. The summed E-state index contributed by atoms with van der Waals surface area (Å²) < 4.78 is 11.1. The van der Waals surface area contributed by atoms with Crippen molar-refractivity contribution in [3.63, 3.8) is 0 Å². The molecule has 1 aliphatic heterocycles. The van der Waals surface area contributed by atoms with Gasteiger partial charge in [0.15, 0.2) is 5.58 Å². The Hall–Kier alpha value is -3.39. The highest BCUT2D eigenvalue weighted by Crippen LogP contribution is 2.34. The molecule has 0 spiro atoms. The average Bonchev–Trinajstić information content (AvgIpc) is 3.54. The van der Waals surface area contributed by atoms with E-state index in [2.05, 4.69) is 20.5 Å². The molecule has 2 aromatic heterocycles. The molecule has 1 aromatic carbocycles. The Morgan fingerprint density at radius 2 is 1.71 bits per heavy atom. The van der Waals surface area contributed by atoms with Gasteiger partial charge in [-0.1, -0.05) is 17.7 Å². The van der Waals surface area contributed by atoms with Gasteiger partial charge < -0.3 is 24.7 Å². The Morgan fingerprint density at radius 3 is 2.40 bits per heavy atom. The lowest BCUT2D eigenvalue weighted by Crippen LogP contribution is -2.38. The minimum Gasteiger partial charge on any atom is -0.481 e. The zero-order valence-electron chi connectivity index (χ0n) is 20.3. The van der Waals surface area contributed by atoms with E-state index in [1.807, 2.05) is 31.2 Å². The van der Waals surface area contributed by atoms with E-state index < -0.39 is 5.91 Å². The number of nitrogens with zero attached hydrogens (tertiary/aromatic N) is 2. The summed E-state index contributed by atoms with van der Waals surface area (Å²) >= 11 is 0. The minimum absolute atomic E-state index is 0.0282. The Balaban J connectivity index is 1.36. The van der Waals surface area contributed by atoms with Gasteiger partial charge in [0.05, 0.1) is 7.11 Å². The number of aromatic nitrogens is 1. The van der Waals surface area contributed by atoms with Gasteiger partial charge in [-0.05, 0) is 76.7 Å². The summed E-state index contributed by atoms with van der Waals surface area (Å²) in [5.74, 6) is -0.233. The number of aryl methyl sites for hydroxylation is 1. The van der Waals surface area contributed by atoms with Crippen molar-refractivity contribution in [2.45, 2.75) is 51.5 Å². The van der Waals surface area contributed by atoms with Crippen LogP contribution in [0.2, 0.25) is 0 Å². The molecule has 0 radical (unpaired) electrons. The molecule has 0 unspecified atom stereocenters. The van der Waals surface area contributed by atoms with E-state index in [0.717, 1.165) is 31.2 Å². The second-order valence-electron chi connectivity index (χ2n) is 9.56. The minimum atomic E-state index is -0.445. The van der Waals surface area contributed by atoms with Crippen molar-refractivity contribution in [1.29, 1.82) is 0 Å². The van der Waals surface area contributed by atoms with Gasteiger partial charge in [-0.2, -0.15) is 0 Å². The largest absolute Gasteiger partial charge is 0.481 e. The van der Waals surface area contributed by atoms with Crippen LogP contribution in [0.5, 0.6) is 5.88 Å². The number of carbonyl (C=O) groups excluding carboxylic acids is 2. The second-order valence-corrected chi connectivity index (χ2v) is 9.56. The van der Waals surface area contributed by atoms with Gasteiger partial charge >= 0.3 is 0 Å². The lowest BCUT2D eigenvalue weighted by Gasteiger charge is -2.33. The summed E-state index contributed by atoms with van der Waals surface area (Å²) in [5.41, 5.74) is 2.83. The van der Waals surface area contributed by atoms with E-state index >= 15 is 0 Å². The first-order chi connectivity index (χ1) is 17.0. The first-order valence-corrected chi connectivity index (χ1v) is 12.4. The standard InChI is InChI=1S/C27H32N4O4/c1-17-5-9-19(10-6-17)28-27(33)25-24(23-21(35-25)13-14-22(29-23)34-2)30-26(32)18-7-11-20(12-8-18)31-15-3-4-16-31/h5-6,9-10,13-14,18,20H,3-4,7-8,11-12,15-16H2,1-2H3,(H,28,33)(H,30,32)/t18-,20-. The highest BCUT2D eigenvalue weighted by molar-refractivity contribution is 6.14. The molecule has 3 aromatic rings. The van der Waals surface area contributed by atoms with Crippen molar-refractivity contribution in [1.82, 2.24) is 9.88 Å².